The molecule has 0 unspecified atom stereocenters. The number of carbonyl (C=O) groups is 2. The highest BCUT2D eigenvalue weighted by molar-refractivity contribution is 5.86. The van der Waals surface area contributed by atoms with Gasteiger partial charge in [0.05, 0.1) is 18.2 Å². The Morgan fingerprint density at radius 3 is 2.56 bits per heavy atom. The van der Waals surface area contributed by atoms with Gasteiger partial charge in [0.25, 0.3) is 0 Å². The van der Waals surface area contributed by atoms with Crippen LogP contribution in [0, 0.1) is 5.41 Å². The fourth-order valence-electron chi connectivity index (χ4n) is 3.16. The molecule has 1 aliphatic carbocycles. The molecule has 0 N–H and O–H groups in total. The number of carbonyl (C=O) groups excluding carboxylic acids is 2. The molecular weight excluding hydrogens is 230 g/mol. The first-order valence-corrected chi connectivity index (χ1v) is 6.64. The van der Waals surface area contributed by atoms with Crippen LogP contribution in [0.2, 0.25) is 0 Å². The van der Waals surface area contributed by atoms with Gasteiger partial charge < -0.3 is 9.64 Å². The molecule has 0 aromatic carbocycles. The van der Waals surface area contributed by atoms with E-state index in [-0.39, 0.29) is 35.4 Å². The summed E-state index contributed by atoms with van der Waals surface area (Å²) in [4.78, 5) is 24.6. The first kappa shape index (κ1) is 13.5. The van der Waals surface area contributed by atoms with Gasteiger partial charge in [0.2, 0.25) is 5.91 Å². The summed E-state index contributed by atoms with van der Waals surface area (Å²) in [7, 11) is 0. The normalized spacial score (nSPS) is 31.9. The Labute approximate surface area is 109 Å². The van der Waals surface area contributed by atoms with Crippen LogP contribution in [0.1, 0.15) is 47.0 Å². The monoisotopic (exact) mass is 253 g/mol. The number of hydrogen-bond acceptors (Lipinski definition) is 3. The fraction of sp³-hybridized carbons (Fsp3) is 0.857. The lowest BCUT2D eigenvalue weighted by Gasteiger charge is -2.46. The molecule has 2 rings (SSSR count). The van der Waals surface area contributed by atoms with E-state index in [9.17, 15) is 9.59 Å². The maximum atomic E-state index is 11.8. The Hall–Kier alpha value is -0.900. The summed E-state index contributed by atoms with van der Waals surface area (Å²) in [5, 5.41) is 0. The molecule has 102 valence electrons. The van der Waals surface area contributed by atoms with Crippen LogP contribution in [0.25, 0.3) is 0 Å². The molecule has 4 nitrogen and oxygen atoms in total. The third-order valence-corrected chi connectivity index (χ3v) is 3.66. The predicted molar refractivity (Wildman–Crippen MR) is 68.2 cm³/mol. The Bertz CT molecular complexity index is 364. The molecule has 1 amide bonds. The van der Waals surface area contributed by atoms with Crippen molar-refractivity contribution < 1.29 is 14.3 Å². The van der Waals surface area contributed by atoms with Gasteiger partial charge in [-0.1, -0.05) is 0 Å². The molecule has 18 heavy (non-hydrogen) atoms. The first-order chi connectivity index (χ1) is 8.19. The van der Waals surface area contributed by atoms with Crippen LogP contribution in [0.15, 0.2) is 0 Å². The number of nitrogens with zero attached hydrogens (tertiary/aromatic N) is 1. The Balaban J connectivity index is 1.87. The molecule has 0 atom stereocenters. The van der Waals surface area contributed by atoms with Crippen molar-refractivity contribution >= 4 is 11.7 Å². The number of ketones is 1. The van der Waals surface area contributed by atoms with Crippen molar-refractivity contribution in [2.45, 2.75) is 58.7 Å². The average Bonchev–Trinajstić information content (AvgIpc) is 2.38. The second kappa shape index (κ2) is 4.34. The van der Waals surface area contributed by atoms with E-state index >= 15 is 0 Å². The van der Waals surface area contributed by atoms with Crippen molar-refractivity contribution in [2.75, 3.05) is 13.1 Å². The van der Waals surface area contributed by atoms with Crippen LogP contribution >= 0.6 is 0 Å². The van der Waals surface area contributed by atoms with Gasteiger partial charge in [-0.05, 0) is 40.5 Å². The van der Waals surface area contributed by atoms with Gasteiger partial charge in [0, 0.05) is 18.4 Å². The largest absolute Gasteiger partial charge is 0.373 e. The second-order valence-corrected chi connectivity index (χ2v) is 6.89. The van der Waals surface area contributed by atoms with Gasteiger partial charge in [0.15, 0.2) is 0 Å². The molecule has 2 aliphatic rings. The van der Waals surface area contributed by atoms with E-state index in [0.717, 1.165) is 19.4 Å². The lowest BCUT2D eigenvalue weighted by Crippen LogP contribution is -2.47. The van der Waals surface area contributed by atoms with Crippen molar-refractivity contribution in [2.24, 2.45) is 5.41 Å². The molecule has 0 bridgehead atoms. The van der Waals surface area contributed by atoms with Crippen LogP contribution in [-0.2, 0) is 14.3 Å². The second-order valence-electron chi connectivity index (χ2n) is 6.89. The summed E-state index contributed by atoms with van der Waals surface area (Å²) in [5.41, 5.74) is -0.0313. The highest BCUT2D eigenvalue weighted by atomic mass is 16.5. The number of amides is 1. The van der Waals surface area contributed by atoms with Crippen molar-refractivity contribution in [1.82, 2.24) is 4.90 Å². The van der Waals surface area contributed by atoms with E-state index in [1.165, 1.54) is 6.92 Å². The quantitative estimate of drug-likeness (QED) is 0.770. The predicted octanol–water partition coefficient (Wildman–Crippen LogP) is 1.77. The highest BCUT2D eigenvalue weighted by Crippen LogP contribution is 2.50. The zero-order valence-corrected chi connectivity index (χ0v) is 11.8. The first-order valence-electron chi connectivity index (χ1n) is 6.64. The Morgan fingerprint density at radius 1 is 1.44 bits per heavy atom. The van der Waals surface area contributed by atoms with Crippen LogP contribution in [0.3, 0.4) is 0 Å². The minimum absolute atomic E-state index is 0.0576. The summed E-state index contributed by atoms with van der Waals surface area (Å²) in [6.45, 7) is 8.70. The summed E-state index contributed by atoms with van der Waals surface area (Å²) >= 11 is 0. The summed E-state index contributed by atoms with van der Waals surface area (Å²) in [6.07, 6.45) is 2.76. The molecule has 1 heterocycles. The highest BCUT2D eigenvalue weighted by Gasteiger charge is 2.52. The molecule has 0 radical (unpaired) electrons. The smallest absolute Gasteiger partial charge is 0.223 e. The van der Waals surface area contributed by atoms with Gasteiger partial charge in [0.1, 0.15) is 5.78 Å². The fourth-order valence-corrected chi connectivity index (χ4v) is 3.16. The van der Waals surface area contributed by atoms with E-state index in [1.807, 2.05) is 0 Å². The van der Waals surface area contributed by atoms with E-state index in [4.69, 9.17) is 4.74 Å². The minimum Gasteiger partial charge on any atom is -0.373 e. The van der Waals surface area contributed by atoms with Crippen LogP contribution in [0.4, 0.5) is 0 Å². The summed E-state index contributed by atoms with van der Waals surface area (Å²) in [6, 6.07) is 0. The summed E-state index contributed by atoms with van der Waals surface area (Å²) in [5.74, 6) is 0.182. The Morgan fingerprint density at radius 2 is 2.06 bits per heavy atom. The molecule has 2 fully saturated rings. The van der Waals surface area contributed by atoms with E-state index in [2.05, 4.69) is 20.8 Å². The molecule has 1 spiro atoms. The lowest BCUT2D eigenvalue weighted by atomic mass is 9.66. The Kier molecular flexibility index (Phi) is 3.26. The third-order valence-electron chi connectivity index (χ3n) is 3.66. The van der Waals surface area contributed by atoms with Gasteiger partial charge in [-0.2, -0.15) is 0 Å². The molecule has 1 saturated carbocycles. The number of rotatable bonds is 3. The van der Waals surface area contributed by atoms with Crippen molar-refractivity contribution in [3.05, 3.63) is 0 Å². The lowest BCUT2D eigenvalue weighted by molar-refractivity contribution is -0.140. The van der Waals surface area contributed by atoms with Gasteiger partial charge in [-0.3, -0.25) is 9.59 Å². The van der Waals surface area contributed by atoms with Gasteiger partial charge in [-0.15, -0.1) is 0 Å². The molecule has 1 saturated heterocycles. The van der Waals surface area contributed by atoms with Crippen LogP contribution in [0.5, 0.6) is 0 Å². The zero-order valence-electron chi connectivity index (χ0n) is 11.8. The molecule has 4 heteroatoms. The number of likely N-dealkylation sites (tertiary alicyclic amines) is 1. The van der Waals surface area contributed by atoms with Crippen molar-refractivity contribution in [1.29, 1.82) is 0 Å². The average molecular weight is 253 g/mol. The van der Waals surface area contributed by atoms with Crippen molar-refractivity contribution in [3.8, 4) is 0 Å². The van der Waals surface area contributed by atoms with Crippen molar-refractivity contribution in [3.63, 3.8) is 0 Å². The van der Waals surface area contributed by atoms with Gasteiger partial charge in [-0.25, -0.2) is 0 Å². The standard InChI is InChI=1S/C14H23NO3/c1-10(16)8-15-9-14(7-12(15)17)5-11(6-14)18-13(2,3)4/h11H,5-9H2,1-4H3. The minimum atomic E-state index is -0.117. The van der Waals surface area contributed by atoms with E-state index in [0.29, 0.717) is 6.42 Å². The number of ether oxygens (including phenoxy) is 1. The summed E-state index contributed by atoms with van der Waals surface area (Å²) < 4.78 is 5.92. The number of hydrogen-bond donors (Lipinski definition) is 0. The van der Waals surface area contributed by atoms with E-state index < -0.39 is 0 Å². The van der Waals surface area contributed by atoms with Crippen LogP contribution in [-0.4, -0.2) is 41.4 Å². The number of Topliss-reactive ketones (excluding diaryl/α,β-unsaturated/α-hetero) is 1. The van der Waals surface area contributed by atoms with Crippen LogP contribution < -0.4 is 0 Å². The maximum absolute atomic E-state index is 11.8. The zero-order chi connectivity index (χ0) is 13.6. The molecule has 0 aromatic heterocycles. The van der Waals surface area contributed by atoms with Gasteiger partial charge >= 0.3 is 0 Å². The molecule has 0 aromatic rings. The molecule has 1 aliphatic heterocycles. The maximum Gasteiger partial charge on any atom is 0.223 e. The molecular formula is C14H23NO3. The third kappa shape index (κ3) is 2.91. The topological polar surface area (TPSA) is 46.6 Å². The SMILES string of the molecule is CC(=O)CN1CC2(CC1=O)CC(OC(C)(C)C)C2. The van der Waals surface area contributed by atoms with E-state index in [1.54, 1.807) is 4.90 Å².